The number of alkyl halides is 5. The second-order valence-electron chi connectivity index (χ2n) is 3.95. The van der Waals surface area contributed by atoms with E-state index >= 15 is 0 Å². The number of aromatic amines is 1. The van der Waals surface area contributed by atoms with Gasteiger partial charge in [-0.05, 0) is 25.3 Å². The van der Waals surface area contributed by atoms with Gasteiger partial charge >= 0.3 is 12.1 Å². The van der Waals surface area contributed by atoms with Gasteiger partial charge in [0.2, 0.25) is 0 Å². The third kappa shape index (κ3) is 3.65. The van der Waals surface area contributed by atoms with E-state index in [0.717, 1.165) is 11.3 Å². The van der Waals surface area contributed by atoms with Crippen LogP contribution in [0.15, 0.2) is 6.20 Å². The molecule has 1 rings (SSSR count). The molecule has 0 radical (unpaired) electrons. The monoisotopic (exact) mass is 285 g/mol. The van der Waals surface area contributed by atoms with E-state index in [1.165, 1.54) is 6.20 Å². The quantitative estimate of drug-likeness (QED) is 0.642. The second-order valence-corrected chi connectivity index (χ2v) is 3.95. The molecule has 0 unspecified atom stereocenters. The molecule has 0 aliphatic rings. The second kappa shape index (κ2) is 5.54. The van der Waals surface area contributed by atoms with Crippen molar-refractivity contribution in [3.05, 3.63) is 17.5 Å². The maximum absolute atomic E-state index is 12.5. The molecule has 19 heavy (non-hydrogen) atoms. The Morgan fingerprint density at radius 1 is 1.37 bits per heavy atom. The normalized spacial score (nSPS) is 12.5. The molecule has 108 valence electrons. The van der Waals surface area contributed by atoms with Crippen LogP contribution in [-0.4, -0.2) is 34.7 Å². The van der Waals surface area contributed by atoms with Crippen LogP contribution >= 0.6 is 0 Å². The molecule has 1 amide bonds. The zero-order chi connectivity index (χ0) is 14.7. The molecule has 2 N–H and O–H groups in total. The average Bonchev–Trinajstić information content (AvgIpc) is 2.68. The predicted molar refractivity (Wildman–Crippen MR) is 55.7 cm³/mol. The molecule has 4 nitrogen and oxygen atoms in total. The molecule has 1 heterocycles. The number of carbonyl (C=O) groups is 1. The van der Waals surface area contributed by atoms with Gasteiger partial charge in [0, 0.05) is 12.2 Å². The molecule has 0 saturated carbocycles. The lowest BCUT2D eigenvalue weighted by molar-refractivity contribution is -0.269. The Bertz CT molecular complexity index is 441. The Balaban J connectivity index is 2.38. The van der Waals surface area contributed by atoms with E-state index in [1.54, 1.807) is 12.2 Å². The molecule has 0 fully saturated rings. The summed E-state index contributed by atoms with van der Waals surface area (Å²) in [5.41, 5.74) is 1.60. The number of halogens is 5. The number of hydrogen-bond donors (Lipinski definition) is 2. The zero-order valence-electron chi connectivity index (χ0n) is 9.94. The van der Waals surface area contributed by atoms with Gasteiger partial charge in [0.05, 0.1) is 6.20 Å². The number of carbonyl (C=O) groups excluding carboxylic acids is 1. The molecule has 0 aliphatic carbocycles. The summed E-state index contributed by atoms with van der Waals surface area (Å²) in [6.45, 7) is 1.48. The minimum atomic E-state index is -5.88. The van der Waals surface area contributed by atoms with Crippen LogP contribution in [0.25, 0.3) is 0 Å². The Labute approximate surface area is 105 Å². The van der Waals surface area contributed by atoms with Crippen molar-refractivity contribution in [1.82, 2.24) is 15.5 Å². The highest BCUT2D eigenvalue weighted by Crippen LogP contribution is 2.35. The minimum Gasteiger partial charge on any atom is -0.351 e. The summed E-state index contributed by atoms with van der Waals surface area (Å²) in [7, 11) is 0. The largest absolute Gasteiger partial charge is 0.463 e. The molecule has 0 saturated heterocycles. The third-order valence-corrected chi connectivity index (χ3v) is 2.48. The van der Waals surface area contributed by atoms with Crippen molar-refractivity contribution in [2.24, 2.45) is 0 Å². The van der Waals surface area contributed by atoms with Crippen molar-refractivity contribution >= 4 is 5.91 Å². The molecule has 0 aliphatic heterocycles. The van der Waals surface area contributed by atoms with E-state index in [1.807, 2.05) is 0 Å². The minimum absolute atomic E-state index is 0.236. The molecule has 1 aromatic rings. The Morgan fingerprint density at radius 2 is 2.00 bits per heavy atom. The lowest BCUT2D eigenvalue weighted by Crippen LogP contribution is -2.50. The van der Waals surface area contributed by atoms with Gasteiger partial charge in [-0.2, -0.15) is 27.1 Å². The van der Waals surface area contributed by atoms with E-state index in [9.17, 15) is 26.7 Å². The fourth-order valence-electron chi connectivity index (χ4n) is 1.35. The SMILES string of the molecule is Cc1[nH]ncc1CCCNC(=O)C(F)(F)C(F)(F)F. The highest BCUT2D eigenvalue weighted by molar-refractivity contribution is 5.84. The molecule has 0 spiro atoms. The molecule has 0 atom stereocenters. The van der Waals surface area contributed by atoms with E-state index < -0.39 is 18.0 Å². The summed E-state index contributed by atoms with van der Waals surface area (Å²) < 4.78 is 60.6. The van der Waals surface area contributed by atoms with Gasteiger partial charge < -0.3 is 5.32 Å². The van der Waals surface area contributed by atoms with Crippen molar-refractivity contribution in [3.63, 3.8) is 0 Å². The van der Waals surface area contributed by atoms with Crippen molar-refractivity contribution in [2.75, 3.05) is 6.54 Å². The van der Waals surface area contributed by atoms with Crippen molar-refractivity contribution in [1.29, 1.82) is 0 Å². The number of aryl methyl sites for hydroxylation is 2. The van der Waals surface area contributed by atoms with E-state index in [2.05, 4.69) is 10.2 Å². The number of amides is 1. The van der Waals surface area contributed by atoms with Crippen LogP contribution in [0.2, 0.25) is 0 Å². The highest BCUT2D eigenvalue weighted by atomic mass is 19.4. The summed E-state index contributed by atoms with van der Waals surface area (Å²) in [6.07, 6.45) is -3.69. The summed E-state index contributed by atoms with van der Waals surface area (Å²) in [6, 6.07) is 0. The molecule has 0 aromatic carbocycles. The number of rotatable bonds is 5. The van der Waals surface area contributed by atoms with Crippen LogP contribution in [0, 0.1) is 6.92 Å². The van der Waals surface area contributed by atoms with Crippen LogP contribution < -0.4 is 5.32 Å². The standard InChI is InChI=1S/C10H12F5N3O/c1-6-7(5-17-18-6)3-2-4-16-8(19)9(11,12)10(13,14)15/h5H,2-4H2,1H3,(H,16,19)(H,17,18). The van der Waals surface area contributed by atoms with E-state index in [-0.39, 0.29) is 13.0 Å². The predicted octanol–water partition coefficient (Wildman–Crippen LogP) is 1.96. The average molecular weight is 285 g/mol. The van der Waals surface area contributed by atoms with Gasteiger partial charge in [-0.3, -0.25) is 9.89 Å². The maximum atomic E-state index is 12.5. The van der Waals surface area contributed by atoms with Crippen LogP contribution in [0.5, 0.6) is 0 Å². The Hall–Kier alpha value is -1.67. The topological polar surface area (TPSA) is 57.8 Å². The third-order valence-electron chi connectivity index (χ3n) is 2.48. The Morgan fingerprint density at radius 3 is 2.47 bits per heavy atom. The summed E-state index contributed by atoms with van der Waals surface area (Å²) >= 11 is 0. The summed E-state index contributed by atoms with van der Waals surface area (Å²) in [5.74, 6) is -7.69. The summed E-state index contributed by atoms with van der Waals surface area (Å²) in [5, 5.41) is 7.95. The molecular formula is C10H12F5N3O. The first-order chi connectivity index (χ1) is 8.66. The van der Waals surface area contributed by atoms with E-state index in [0.29, 0.717) is 6.42 Å². The number of nitrogens with one attached hydrogen (secondary N) is 2. The molecule has 9 heteroatoms. The van der Waals surface area contributed by atoms with Gasteiger partial charge in [0.15, 0.2) is 0 Å². The number of hydrogen-bond acceptors (Lipinski definition) is 2. The van der Waals surface area contributed by atoms with E-state index in [4.69, 9.17) is 0 Å². The number of nitrogens with zero attached hydrogens (tertiary/aromatic N) is 1. The fraction of sp³-hybridized carbons (Fsp3) is 0.600. The van der Waals surface area contributed by atoms with Gasteiger partial charge in [-0.25, -0.2) is 0 Å². The maximum Gasteiger partial charge on any atom is 0.463 e. The van der Waals surface area contributed by atoms with Crippen LogP contribution in [0.3, 0.4) is 0 Å². The number of aromatic nitrogens is 2. The lowest BCUT2D eigenvalue weighted by atomic mass is 10.1. The first kappa shape index (κ1) is 15.4. The van der Waals surface area contributed by atoms with Crippen molar-refractivity contribution in [2.45, 2.75) is 31.9 Å². The van der Waals surface area contributed by atoms with Gasteiger partial charge in [0.1, 0.15) is 0 Å². The zero-order valence-corrected chi connectivity index (χ0v) is 9.94. The van der Waals surface area contributed by atoms with Crippen LogP contribution in [-0.2, 0) is 11.2 Å². The van der Waals surface area contributed by atoms with Crippen LogP contribution in [0.1, 0.15) is 17.7 Å². The van der Waals surface area contributed by atoms with Crippen molar-refractivity contribution < 1.29 is 26.7 Å². The first-order valence-corrected chi connectivity index (χ1v) is 5.38. The lowest BCUT2D eigenvalue weighted by Gasteiger charge is -2.18. The van der Waals surface area contributed by atoms with Crippen molar-refractivity contribution in [3.8, 4) is 0 Å². The van der Waals surface area contributed by atoms with Crippen LogP contribution in [0.4, 0.5) is 22.0 Å². The molecule has 0 bridgehead atoms. The Kier molecular flexibility index (Phi) is 4.48. The first-order valence-electron chi connectivity index (χ1n) is 5.38. The highest BCUT2D eigenvalue weighted by Gasteiger charge is 2.63. The molecular weight excluding hydrogens is 273 g/mol. The van der Waals surface area contributed by atoms with Gasteiger partial charge in [-0.1, -0.05) is 0 Å². The number of H-pyrrole nitrogens is 1. The molecule has 1 aromatic heterocycles. The summed E-state index contributed by atoms with van der Waals surface area (Å²) in [4.78, 5) is 10.7. The fourth-order valence-corrected chi connectivity index (χ4v) is 1.35. The van der Waals surface area contributed by atoms with Gasteiger partial charge in [0.25, 0.3) is 5.91 Å². The van der Waals surface area contributed by atoms with Gasteiger partial charge in [-0.15, -0.1) is 0 Å². The smallest absolute Gasteiger partial charge is 0.351 e.